The molecule has 0 spiro atoms. The van der Waals surface area contributed by atoms with Crippen LogP contribution < -0.4 is 0 Å². The van der Waals surface area contributed by atoms with Crippen molar-refractivity contribution in [1.82, 2.24) is 0 Å². The van der Waals surface area contributed by atoms with E-state index in [9.17, 15) is 18.0 Å². The third kappa shape index (κ3) is 3.08. The van der Waals surface area contributed by atoms with Crippen molar-refractivity contribution >= 4 is 28.6 Å². The van der Waals surface area contributed by atoms with Crippen LogP contribution in [0, 0.1) is 3.57 Å². The molecule has 0 radical (unpaired) electrons. The molecule has 0 heterocycles. The fraction of sp³-hybridized carbons (Fsp3) is 0.222. The van der Waals surface area contributed by atoms with Crippen LogP contribution in [0.2, 0.25) is 0 Å². The second-order valence-corrected chi connectivity index (χ2v) is 4.00. The monoisotopic (exact) mass is 330 g/mol. The largest absolute Gasteiger partial charge is 0.481 e. The van der Waals surface area contributed by atoms with Gasteiger partial charge in [-0.1, -0.05) is 6.07 Å². The molecule has 0 bridgehead atoms. The van der Waals surface area contributed by atoms with Gasteiger partial charge in [-0.15, -0.1) is 0 Å². The van der Waals surface area contributed by atoms with E-state index in [1.54, 1.807) is 22.6 Å². The van der Waals surface area contributed by atoms with Crippen LogP contribution in [0.3, 0.4) is 0 Å². The van der Waals surface area contributed by atoms with Gasteiger partial charge in [0.2, 0.25) is 0 Å². The molecule has 6 heteroatoms. The first-order valence-corrected chi connectivity index (χ1v) is 4.96. The molecule has 0 aliphatic heterocycles. The van der Waals surface area contributed by atoms with Crippen LogP contribution in [0.15, 0.2) is 18.2 Å². The van der Waals surface area contributed by atoms with Crippen molar-refractivity contribution in [3.05, 3.63) is 32.9 Å². The van der Waals surface area contributed by atoms with Gasteiger partial charge in [0.15, 0.2) is 0 Å². The first-order chi connectivity index (χ1) is 6.82. The first-order valence-electron chi connectivity index (χ1n) is 3.88. The highest BCUT2D eigenvalue weighted by Crippen LogP contribution is 2.34. The fourth-order valence-corrected chi connectivity index (χ4v) is 1.84. The number of aliphatic carboxylic acids is 1. The van der Waals surface area contributed by atoms with E-state index in [0.717, 1.165) is 6.07 Å². The maximum atomic E-state index is 12.5. The fourth-order valence-electron chi connectivity index (χ4n) is 1.16. The summed E-state index contributed by atoms with van der Waals surface area (Å²) in [5.74, 6) is -1.27. The molecule has 0 amide bonds. The highest BCUT2D eigenvalue weighted by atomic mass is 127. The summed E-state index contributed by atoms with van der Waals surface area (Å²) in [6.07, 6.45) is -5.13. The minimum Gasteiger partial charge on any atom is -0.481 e. The van der Waals surface area contributed by atoms with Crippen molar-refractivity contribution in [2.24, 2.45) is 0 Å². The number of hydrogen-bond acceptors (Lipinski definition) is 1. The molecule has 0 aliphatic rings. The Labute approximate surface area is 97.2 Å². The lowest BCUT2D eigenvalue weighted by Gasteiger charge is -2.12. The van der Waals surface area contributed by atoms with E-state index >= 15 is 0 Å². The van der Waals surface area contributed by atoms with Gasteiger partial charge in [0.25, 0.3) is 0 Å². The summed E-state index contributed by atoms with van der Waals surface area (Å²) in [5, 5.41) is 8.51. The van der Waals surface area contributed by atoms with Crippen LogP contribution in [0.25, 0.3) is 0 Å². The summed E-state index contributed by atoms with van der Waals surface area (Å²) in [7, 11) is 0. The second-order valence-electron chi connectivity index (χ2n) is 2.83. The molecule has 0 fully saturated rings. The molecule has 82 valence electrons. The van der Waals surface area contributed by atoms with E-state index in [1.807, 2.05) is 0 Å². The number of halogens is 4. The molecule has 1 rings (SSSR count). The van der Waals surface area contributed by atoms with Gasteiger partial charge in [0, 0.05) is 3.57 Å². The van der Waals surface area contributed by atoms with Gasteiger partial charge in [-0.2, -0.15) is 13.2 Å². The molecule has 1 N–H and O–H groups in total. The maximum Gasteiger partial charge on any atom is 0.416 e. The van der Waals surface area contributed by atoms with Gasteiger partial charge in [-0.3, -0.25) is 4.79 Å². The Bertz CT molecular complexity index is 387. The first kappa shape index (κ1) is 12.3. The topological polar surface area (TPSA) is 37.3 Å². The summed E-state index contributed by atoms with van der Waals surface area (Å²) >= 11 is 1.70. The highest BCUT2D eigenvalue weighted by Gasteiger charge is 2.34. The van der Waals surface area contributed by atoms with Crippen molar-refractivity contribution in [2.45, 2.75) is 12.6 Å². The average Bonchev–Trinajstić information content (AvgIpc) is 2.05. The van der Waals surface area contributed by atoms with Gasteiger partial charge in [-0.25, -0.2) is 0 Å². The van der Waals surface area contributed by atoms with Gasteiger partial charge in [-0.05, 0) is 40.3 Å². The Morgan fingerprint density at radius 2 is 2.00 bits per heavy atom. The molecular weight excluding hydrogens is 324 g/mol. The molecule has 1 aromatic rings. The van der Waals surface area contributed by atoms with E-state index in [-0.39, 0.29) is 5.56 Å². The van der Waals surface area contributed by atoms with Gasteiger partial charge in [0.1, 0.15) is 0 Å². The van der Waals surface area contributed by atoms with E-state index < -0.39 is 24.1 Å². The molecule has 2 nitrogen and oxygen atoms in total. The maximum absolute atomic E-state index is 12.5. The van der Waals surface area contributed by atoms with E-state index in [4.69, 9.17) is 5.11 Å². The third-order valence-electron chi connectivity index (χ3n) is 1.75. The number of hydrogen-bond donors (Lipinski definition) is 1. The van der Waals surface area contributed by atoms with E-state index in [0.29, 0.717) is 3.57 Å². The Balaban J connectivity index is 3.26. The Hall–Kier alpha value is -0.790. The number of rotatable bonds is 2. The van der Waals surface area contributed by atoms with E-state index in [2.05, 4.69) is 0 Å². The lowest BCUT2D eigenvalue weighted by molar-refractivity contribution is -0.139. The number of benzene rings is 1. The molecule has 1 aromatic carbocycles. The average molecular weight is 330 g/mol. The third-order valence-corrected chi connectivity index (χ3v) is 2.76. The lowest BCUT2D eigenvalue weighted by Crippen LogP contribution is -2.13. The quantitative estimate of drug-likeness (QED) is 0.847. The minimum absolute atomic E-state index is 0.182. The molecule has 0 saturated heterocycles. The van der Waals surface area contributed by atoms with E-state index in [1.165, 1.54) is 12.1 Å². The Morgan fingerprint density at radius 1 is 1.40 bits per heavy atom. The van der Waals surface area contributed by atoms with Crippen LogP contribution in [-0.2, 0) is 17.4 Å². The number of alkyl halides is 3. The van der Waals surface area contributed by atoms with Crippen molar-refractivity contribution in [3.8, 4) is 0 Å². The van der Waals surface area contributed by atoms with Crippen LogP contribution in [0.1, 0.15) is 11.1 Å². The van der Waals surface area contributed by atoms with Gasteiger partial charge < -0.3 is 5.11 Å². The molecule has 0 unspecified atom stereocenters. The van der Waals surface area contributed by atoms with Crippen LogP contribution >= 0.6 is 22.6 Å². The standard InChI is InChI=1S/C9H6F3IO2/c10-9(11,12)6-2-1-3-7(13)5(6)4-8(14)15/h1-3H,4H2,(H,14,15). The smallest absolute Gasteiger partial charge is 0.416 e. The van der Waals surface area contributed by atoms with Crippen LogP contribution in [-0.4, -0.2) is 11.1 Å². The predicted molar refractivity (Wildman–Crippen MR) is 55.5 cm³/mol. The molecule has 15 heavy (non-hydrogen) atoms. The molecule has 0 atom stereocenters. The Morgan fingerprint density at radius 3 is 2.47 bits per heavy atom. The normalized spacial score (nSPS) is 11.5. The molecule has 0 aliphatic carbocycles. The second kappa shape index (κ2) is 4.38. The van der Waals surface area contributed by atoms with Gasteiger partial charge >= 0.3 is 12.1 Å². The summed E-state index contributed by atoms with van der Waals surface area (Å²) in [6.45, 7) is 0. The van der Waals surface area contributed by atoms with Crippen molar-refractivity contribution < 1.29 is 23.1 Å². The number of carboxylic acid groups (broad SMARTS) is 1. The summed E-state index contributed by atoms with van der Waals surface area (Å²) in [6, 6.07) is 3.60. The summed E-state index contributed by atoms with van der Waals surface area (Å²) < 4.78 is 37.8. The Kier molecular flexibility index (Phi) is 3.58. The predicted octanol–water partition coefficient (Wildman–Crippen LogP) is 2.94. The molecule has 0 saturated carbocycles. The van der Waals surface area contributed by atoms with Crippen LogP contribution in [0.5, 0.6) is 0 Å². The highest BCUT2D eigenvalue weighted by molar-refractivity contribution is 14.1. The zero-order valence-corrected chi connectivity index (χ0v) is 9.46. The van der Waals surface area contributed by atoms with Gasteiger partial charge in [0.05, 0.1) is 12.0 Å². The SMILES string of the molecule is O=C(O)Cc1c(I)cccc1C(F)(F)F. The zero-order chi connectivity index (χ0) is 11.6. The lowest BCUT2D eigenvalue weighted by atomic mass is 10.0. The molecular formula is C9H6F3IO2. The zero-order valence-electron chi connectivity index (χ0n) is 7.31. The minimum atomic E-state index is -4.51. The van der Waals surface area contributed by atoms with Crippen molar-refractivity contribution in [2.75, 3.05) is 0 Å². The molecule has 0 aromatic heterocycles. The number of carboxylic acids is 1. The van der Waals surface area contributed by atoms with Crippen molar-refractivity contribution in [1.29, 1.82) is 0 Å². The number of carbonyl (C=O) groups is 1. The summed E-state index contributed by atoms with van der Waals surface area (Å²) in [5.41, 5.74) is -1.06. The van der Waals surface area contributed by atoms with Crippen LogP contribution in [0.4, 0.5) is 13.2 Å². The summed E-state index contributed by atoms with van der Waals surface area (Å²) in [4.78, 5) is 10.4. The van der Waals surface area contributed by atoms with Crippen molar-refractivity contribution in [3.63, 3.8) is 0 Å².